The van der Waals surface area contributed by atoms with Crippen molar-refractivity contribution >= 4 is 0 Å². The van der Waals surface area contributed by atoms with Gasteiger partial charge >= 0.3 is 0 Å². The van der Waals surface area contributed by atoms with E-state index in [1.165, 1.54) is 11.1 Å². The Kier molecular flexibility index (Phi) is 2.81. The van der Waals surface area contributed by atoms with Gasteiger partial charge in [-0.15, -0.1) is 0 Å². The van der Waals surface area contributed by atoms with E-state index in [9.17, 15) is 0 Å². The summed E-state index contributed by atoms with van der Waals surface area (Å²) in [6, 6.07) is 8.51. The van der Waals surface area contributed by atoms with Gasteiger partial charge in [0, 0.05) is 18.1 Å². The Hall–Kier alpha value is -0.860. The fourth-order valence-corrected chi connectivity index (χ4v) is 2.35. The highest BCUT2D eigenvalue weighted by Crippen LogP contribution is 2.46. The van der Waals surface area contributed by atoms with Crippen LogP contribution >= 0.6 is 0 Å². The molecule has 0 bridgehead atoms. The van der Waals surface area contributed by atoms with Crippen LogP contribution in [0.2, 0.25) is 0 Å². The van der Waals surface area contributed by atoms with Gasteiger partial charge in [-0.2, -0.15) is 0 Å². The van der Waals surface area contributed by atoms with Gasteiger partial charge in [-0.25, -0.2) is 0 Å². The number of rotatable bonds is 4. The highest BCUT2D eigenvalue weighted by atomic mass is 16.5. The summed E-state index contributed by atoms with van der Waals surface area (Å²) in [6.45, 7) is 5.14. The number of benzene rings is 1. The molecule has 0 unspecified atom stereocenters. The van der Waals surface area contributed by atoms with Gasteiger partial charge < -0.3 is 10.5 Å². The summed E-state index contributed by atoms with van der Waals surface area (Å²) >= 11 is 0. The molecule has 2 N–H and O–H groups in total. The first-order valence-electron chi connectivity index (χ1n) is 5.87. The molecule has 0 heterocycles. The molecule has 2 nitrogen and oxygen atoms in total. The summed E-state index contributed by atoms with van der Waals surface area (Å²) in [5.41, 5.74) is 8.91. The van der Waals surface area contributed by atoms with Crippen LogP contribution in [0.25, 0.3) is 0 Å². The van der Waals surface area contributed by atoms with Gasteiger partial charge in [0.05, 0.1) is 6.61 Å². The molecule has 1 fully saturated rings. The molecule has 88 valence electrons. The molecular weight excluding hydrogens is 198 g/mol. The molecule has 16 heavy (non-hydrogen) atoms. The van der Waals surface area contributed by atoms with Crippen molar-refractivity contribution in [1.29, 1.82) is 0 Å². The van der Waals surface area contributed by atoms with Crippen LogP contribution in [0.1, 0.15) is 37.8 Å². The second kappa shape index (κ2) is 3.86. The lowest BCUT2D eigenvalue weighted by Crippen LogP contribution is -2.30. The Morgan fingerprint density at radius 1 is 1.31 bits per heavy atom. The van der Waals surface area contributed by atoms with Gasteiger partial charge in [-0.05, 0) is 24.0 Å². The largest absolute Gasteiger partial charge is 0.384 e. The summed E-state index contributed by atoms with van der Waals surface area (Å²) < 4.78 is 5.31. The molecule has 0 radical (unpaired) electrons. The third-order valence-corrected chi connectivity index (χ3v) is 3.49. The Morgan fingerprint density at radius 3 is 2.50 bits per heavy atom. The molecule has 1 aromatic carbocycles. The molecule has 1 aromatic rings. The van der Waals surface area contributed by atoms with Crippen molar-refractivity contribution in [3.05, 3.63) is 35.4 Å². The smallest absolute Gasteiger partial charge is 0.0553 e. The summed E-state index contributed by atoms with van der Waals surface area (Å²) in [6.07, 6.45) is 2.21. The topological polar surface area (TPSA) is 35.2 Å². The van der Waals surface area contributed by atoms with Crippen LogP contribution in [0.3, 0.4) is 0 Å². The van der Waals surface area contributed by atoms with E-state index in [4.69, 9.17) is 10.5 Å². The highest BCUT2D eigenvalue weighted by molar-refractivity contribution is 5.41. The number of hydrogen-bond donors (Lipinski definition) is 1. The van der Waals surface area contributed by atoms with Crippen molar-refractivity contribution in [3.63, 3.8) is 0 Å². The molecular formula is C14H21NO. The normalized spacial score (nSPS) is 18.5. The van der Waals surface area contributed by atoms with E-state index in [1.54, 1.807) is 7.11 Å². The molecule has 0 aliphatic heterocycles. The monoisotopic (exact) mass is 219 g/mol. The lowest BCUT2D eigenvalue weighted by atomic mass is 9.80. The Morgan fingerprint density at radius 2 is 1.94 bits per heavy atom. The minimum absolute atomic E-state index is 0.0281. The Bertz CT molecular complexity index is 380. The number of nitrogens with two attached hydrogens (primary N) is 1. The summed E-state index contributed by atoms with van der Waals surface area (Å²) in [5.74, 6) is 0. The van der Waals surface area contributed by atoms with Crippen molar-refractivity contribution in [3.8, 4) is 0 Å². The first kappa shape index (κ1) is 11.6. The van der Waals surface area contributed by atoms with Crippen LogP contribution in [0.15, 0.2) is 24.3 Å². The molecule has 2 rings (SSSR count). The van der Waals surface area contributed by atoms with Crippen LogP contribution in [0, 0.1) is 0 Å². The molecule has 2 heteroatoms. The second-order valence-electron chi connectivity index (χ2n) is 5.52. The third-order valence-electron chi connectivity index (χ3n) is 3.49. The van der Waals surface area contributed by atoms with E-state index < -0.39 is 0 Å². The number of hydrogen-bond acceptors (Lipinski definition) is 2. The lowest BCUT2D eigenvalue weighted by molar-refractivity contribution is 0.146. The van der Waals surface area contributed by atoms with Crippen molar-refractivity contribution < 1.29 is 4.74 Å². The van der Waals surface area contributed by atoms with Crippen LogP contribution in [0.5, 0.6) is 0 Å². The summed E-state index contributed by atoms with van der Waals surface area (Å²) in [7, 11) is 1.75. The van der Waals surface area contributed by atoms with E-state index in [2.05, 4.69) is 38.1 Å². The standard InChI is InChI=1S/C14H21NO/c1-13(2,10-16-3)11-6-4-5-7-12(11)14(15)8-9-14/h4-7H,8-10,15H2,1-3H3. The fourth-order valence-electron chi connectivity index (χ4n) is 2.35. The first-order chi connectivity index (χ1) is 7.49. The van der Waals surface area contributed by atoms with Gasteiger partial charge in [-0.3, -0.25) is 0 Å². The lowest BCUT2D eigenvalue weighted by Gasteiger charge is -2.29. The maximum atomic E-state index is 6.32. The van der Waals surface area contributed by atoms with Gasteiger partial charge in [0.2, 0.25) is 0 Å². The van der Waals surface area contributed by atoms with Gasteiger partial charge in [0.1, 0.15) is 0 Å². The average Bonchev–Trinajstić information content (AvgIpc) is 2.98. The zero-order valence-corrected chi connectivity index (χ0v) is 10.4. The Balaban J connectivity index is 2.40. The van der Waals surface area contributed by atoms with E-state index in [0.29, 0.717) is 0 Å². The summed E-state index contributed by atoms with van der Waals surface area (Å²) in [4.78, 5) is 0. The van der Waals surface area contributed by atoms with Crippen LogP contribution < -0.4 is 5.73 Å². The van der Waals surface area contributed by atoms with Crippen molar-refractivity contribution in [2.24, 2.45) is 5.73 Å². The van der Waals surface area contributed by atoms with Crippen LogP contribution in [-0.2, 0) is 15.7 Å². The van der Waals surface area contributed by atoms with Gasteiger partial charge in [0.25, 0.3) is 0 Å². The molecule has 0 saturated heterocycles. The number of ether oxygens (including phenoxy) is 1. The molecule has 1 aliphatic rings. The van der Waals surface area contributed by atoms with Crippen molar-refractivity contribution in [1.82, 2.24) is 0 Å². The van der Waals surface area contributed by atoms with Crippen LogP contribution in [-0.4, -0.2) is 13.7 Å². The van der Waals surface area contributed by atoms with Crippen molar-refractivity contribution in [2.45, 2.75) is 37.6 Å². The molecule has 0 atom stereocenters. The summed E-state index contributed by atoms with van der Waals surface area (Å²) in [5, 5.41) is 0. The average molecular weight is 219 g/mol. The van der Waals surface area contributed by atoms with E-state index in [-0.39, 0.29) is 11.0 Å². The second-order valence-corrected chi connectivity index (χ2v) is 5.52. The van der Waals surface area contributed by atoms with Gasteiger partial charge in [0.15, 0.2) is 0 Å². The minimum atomic E-state index is -0.0679. The maximum absolute atomic E-state index is 6.32. The van der Waals surface area contributed by atoms with E-state index in [0.717, 1.165) is 19.4 Å². The molecule has 0 aromatic heterocycles. The minimum Gasteiger partial charge on any atom is -0.384 e. The third kappa shape index (κ3) is 2.00. The van der Waals surface area contributed by atoms with E-state index in [1.807, 2.05) is 0 Å². The maximum Gasteiger partial charge on any atom is 0.0553 e. The predicted molar refractivity (Wildman–Crippen MR) is 66.4 cm³/mol. The highest BCUT2D eigenvalue weighted by Gasteiger charge is 2.43. The van der Waals surface area contributed by atoms with Crippen molar-refractivity contribution in [2.75, 3.05) is 13.7 Å². The quantitative estimate of drug-likeness (QED) is 0.844. The van der Waals surface area contributed by atoms with Gasteiger partial charge in [-0.1, -0.05) is 38.1 Å². The SMILES string of the molecule is COCC(C)(C)c1ccccc1C1(N)CC1. The Labute approximate surface area is 97.8 Å². The molecule has 1 aliphatic carbocycles. The molecule has 1 saturated carbocycles. The number of methoxy groups -OCH3 is 1. The van der Waals surface area contributed by atoms with E-state index >= 15 is 0 Å². The predicted octanol–water partition coefficient (Wildman–Crippen LogP) is 2.56. The fraction of sp³-hybridized carbons (Fsp3) is 0.571. The molecule has 0 amide bonds. The zero-order chi connectivity index (χ0) is 11.8. The zero-order valence-electron chi connectivity index (χ0n) is 10.4. The van der Waals surface area contributed by atoms with Crippen LogP contribution in [0.4, 0.5) is 0 Å². The molecule has 0 spiro atoms. The first-order valence-corrected chi connectivity index (χ1v) is 5.87.